The molecule has 10 heteroatoms. The van der Waals surface area contributed by atoms with Crippen LogP contribution in [-0.2, 0) is 0 Å². The van der Waals surface area contributed by atoms with Gasteiger partial charge in [0, 0.05) is 44.0 Å². The number of methoxy groups -OCH3 is 1. The predicted octanol–water partition coefficient (Wildman–Crippen LogP) is 3.35. The smallest absolute Gasteiger partial charge is 0.270 e. The summed E-state index contributed by atoms with van der Waals surface area (Å²) in [6, 6.07) is 9.15. The van der Waals surface area contributed by atoms with Crippen LogP contribution in [0.1, 0.15) is 28.5 Å². The van der Waals surface area contributed by atoms with E-state index in [1.54, 1.807) is 35.5 Å². The van der Waals surface area contributed by atoms with Crippen molar-refractivity contribution >= 4 is 22.6 Å². The van der Waals surface area contributed by atoms with E-state index in [0.717, 1.165) is 11.0 Å². The molecule has 0 saturated heterocycles. The van der Waals surface area contributed by atoms with Crippen molar-refractivity contribution < 1.29 is 18.3 Å². The molecule has 8 nitrogen and oxygen atoms in total. The molecule has 1 aliphatic heterocycles. The number of benzene rings is 1. The van der Waals surface area contributed by atoms with E-state index in [9.17, 15) is 13.6 Å². The first-order valence-corrected chi connectivity index (χ1v) is 10.9. The summed E-state index contributed by atoms with van der Waals surface area (Å²) in [6.07, 6.45) is 3.89. The summed E-state index contributed by atoms with van der Waals surface area (Å²) in [5, 5.41) is 8.57. The molecule has 1 amide bonds. The highest BCUT2D eigenvalue weighted by atomic mass is 19.1. The van der Waals surface area contributed by atoms with Crippen molar-refractivity contribution in [3.05, 3.63) is 71.4 Å². The number of hydrazine groups is 1. The summed E-state index contributed by atoms with van der Waals surface area (Å²) in [5.41, 5.74) is 5.38. The Bertz CT molecular complexity index is 1220. The maximum absolute atomic E-state index is 14.4. The summed E-state index contributed by atoms with van der Waals surface area (Å²) >= 11 is 0. The van der Waals surface area contributed by atoms with E-state index in [4.69, 9.17) is 4.74 Å². The monoisotopic (exact) mass is 468 g/mol. The third-order valence-electron chi connectivity index (χ3n) is 5.47. The van der Waals surface area contributed by atoms with Crippen LogP contribution in [0.4, 0.5) is 14.6 Å². The molecule has 1 aliphatic rings. The molecule has 0 saturated carbocycles. The van der Waals surface area contributed by atoms with Gasteiger partial charge in [0.2, 0.25) is 0 Å². The van der Waals surface area contributed by atoms with Gasteiger partial charge >= 0.3 is 0 Å². The van der Waals surface area contributed by atoms with Crippen LogP contribution < -0.4 is 20.8 Å². The summed E-state index contributed by atoms with van der Waals surface area (Å²) in [7, 11) is 3.25. The Morgan fingerprint density at radius 3 is 2.85 bits per heavy atom. The van der Waals surface area contributed by atoms with Gasteiger partial charge in [0.25, 0.3) is 5.91 Å². The minimum Gasteiger partial charge on any atom is -0.494 e. The average Bonchev–Trinajstić information content (AvgIpc) is 3.28. The third kappa shape index (κ3) is 5.23. The molecular formula is C24H26F2N6O2. The number of aromatic nitrogens is 2. The molecule has 178 valence electrons. The molecule has 0 fully saturated rings. The number of anilines is 1. The van der Waals surface area contributed by atoms with Gasteiger partial charge in [-0.05, 0) is 41.8 Å². The Morgan fingerprint density at radius 2 is 2.15 bits per heavy atom. The van der Waals surface area contributed by atoms with Crippen LogP contribution in [0.15, 0.2) is 54.4 Å². The largest absolute Gasteiger partial charge is 0.494 e. The molecule has 1 aromatic carbocycles. The lowest BCUT2D eigenvalue weighted by Gasteiger charge is -2.20. The van der Waals surface area contributed by atoms with E-state index in [0.29, 0.717) is 36.4 Å². The maximum atomic E-state index is 14.4. The summed E-state index contributed by atoms with van der Waals surface area (Å²) in [6.45, 7) is 0.539. The number of carbonyl (C=O) groups excluding carboxylic acids is 1. The van der Waals surface area contributed by atoms with E-state index in [1.165, 1.54) is 19.2 Å². The first-order valence-electron chi connectivity index (χ1n) is 10.9. The van der Waals surface area contributed by atoms with E-state index < -0.39 is 24.4 Å². The second-order valence-corrected chi connectivity index (χ2v) is 7.88. The Balaban J connectivity index is 1.60. The average molecular weight is 469 g/mol. The van der Waals surface area contributed by atoms with Crippen LogP contribution in [0.3, 0.4) is 0 Å². The second kappa shape index (κ2) is 10.4. The zero-order chi connectivity index (χ0) is 24.1. The van der Waals surface area contributed by atoms with Crippen LogP contribution >= 0.6 is 0 Å². The molecule has 4 rings (SSSR count). The van der Waals surface area contributed by atoms with Crippen molar-refractivity contribution in [3.63, 3.8) is 0 Å². The Morgan fingerprint density at radius 1 is 1.29 bits per heavy atom. The lowest BCUT2D eigenvalue weighted by Crippen LogP contribution is -2.32. The van der Waals surface area contributed by atoms with Gasteiger partial charge < -0.3 is 20.4 Å². The van der Waals surface area contributed by atoms with Crippen molar-refractivity contribution in [1.82, 2.24) is 25.7 Å². The van der Waals surface area contributed by atoms with Crippen LogP contribution in [0, 0.1) is 5.82 Å². The lowest BCUT2D eigenvalue weighted by atomic mass is 9.99. The first-order chi connectivity index (χ1) is 16.5. The summed E-state index contributed by atoms with van der Waals surface area (Å²) in [5.74, 6) is -0.223. The van der Waals surface area contributed by atoms with Gasteiger partial charge in [-0.3, -0.25) is 9.18 Å². The van der Waals surface area contributed by atoms with Crippen molar-refractivity contribution in [2.24, 2.45) is 0 Å². The Hall–Kier alpha value is -3.79. The fourth-order valence-corrected chi connectivity index (χ4v) is 3.71. The number of hydrogen-bond acceptors (Lipinski definition) is 7. The number of amides is 1. The molecule has 2 aromatic heterocycles. The molecule has 3 heterocycles. The van der Waals surface area contributed by atoms with Gasteiger partial charge in [0.15, 0.2) is 11.6 Å². The summed E-state index contributed by atoms with van der Waals surface area (Å²) in [4.78, 5) is 22.0. The second-order valence-electron chi connectivity index (χ2n) is 7.88. The number of hydrogen-bond donors (Lipinski definition) is 3. The highest BCUT2D eigenvalue weighted by Gasteiger charge is 2.25. The Labute approximate surface area is 196 Å². The zero-order valence-corrected chi connectivity index (χ0v) is 18.9. The number of halogens is 2. The van der Waals surface area contributed by atoms with Crippen LogP contribution in [0.2, 0.25) is 0 Å². The Kier molecular flexibility index (Phi) is 7.17. The van der Waals surface area contributed by atoms with Crippen molar-refractivity contribution in [2.75, 3.05) is 39.2 Å². The van der Waals surface area contributed by atoms with Crippen molar-refractivity contribution in [2.45, 2.75) is 12.5 Å². The first kappa shape index (κ1) is 23.4. The number of alkyl halides is 1. The number of carbonyl (C=O) groups is 1. The quantitative estimate of drug-likeness (QED) is 0.415. The number of pyridine rings is 2. The highest BCUT2D eigenvalue weighted by molar-refractivity contribution is 5.95. The maximum Gasteiger partial charge on any atom is 0.270 e. The minimum absolute atomic E-state index is 0.130. The number of nitrogens with one attached hydrogen (secondary N) is 3. The lowest BCUT2D eigenvalue weighted by molar-refractivity contribution is 0.0937. The number of fused-ring (bicyclic) bond motifs is 1. The summed E-state index contributed by atoms with van der Waals surface area (Å²) < 4.78 is 31.8. The molecule has 34 heavy (non-hydrogen) atoms. The third-order valence-corrected chi connectivity index (χ3v) is 5.47. The van der Waals surface area contributed by atoms with Gasteiger partial charge in [0.05, 0.1) is 25.3 Å². The fraction of sp³-hybridized carbons (Fsp3) is 0.292. The topological polar surface area (TPSA) is 91.4 Å². The molecule has 1 unspecified atom stereocenters. The molecule has 0 radical (unpaired) electrons. The predicted molar refractivity (Wildman–Crippen MR) is 126 cm³/mol. The molecule has 0 aliphatic carbocycles. The molecule has 0 bridgehead atoms. The van der Waals surface area contributed by atoms with Gasteiger partial charge in [-0.1, -0.05) is 6.07 Å². The fourth-order valence-electron chi connectivity index (χ4n) is 3.71. The van der Waals surface area contributed by atoms with E-state index in [-0.39, 0.29) is 11.4 Å². The zero-order valence-electron chi connectivity index (χ0n) is 18.9. The molecule has 3 N–H and O–H groups in total. The van der Waals surface area contributed by atoms with Gasteiger partial charge in [-0.15, -0.1) is 0 Å². The normalized spacial score (nSPS) is 14.1. The van der Waals surface area contributed by atoms with Gasteiger partial charge in [0.1, 0.15) is 11.5 Å². The number of ether oxygens (including phenoxy) is 1. The van der Waals surface area contributed by atoms with Crippen LogP contribution in [0.25, 0.3) is 10.9 Å². The number of nitrogens with zero attached hydrogens (tertiary/aromatic N) is 3. The van der Waals surface area contributed by atoms with E-state index >= 15 is 0 Å². The van der Waals surface area contributed by atoms with Crippen LogP contribution in [-0.4, -0.2) is 54.8 Å². The standard InChI is InChI=1S/C24H26F2N6O2/c1-32-14-17(13-29-32)23(15-5-7-21(34-2)18(26)10-15)31-24(33)19-6-4-16-12-28-22(11-20(16)30-19)27-9-3-8-25/h4-7,10-12,14,23,29H,3,8-9,13H2,1-2H3,(H,27,28)(H,31,33). The van der Waals surface area contributed by atoms with E-state index in [1.807, 2.05) is 13.2 Å². The molecule has 0 spiro atoms. The van der Waals surface area contributed by atoms with Crippen LogP contribution in [0.5, 0.6) is 5.75 Å². The van der Waals surface area contributed by atoms with Crippen molar-refractivity contribution in [1.29, 1.82) is 0 Å². The molecular weight excluding hydrogens is 442 g/mol. The molecule has 1 atom stereocenters. The van der Waals surface area contributed by atoms with Gasteiger partial charge in [-0.25, -0.2) is 19.8 Å². The van der Waals surface area contributed by atoms with E-state index in [2.05, 4.69) is 26.0 Å². The minimum atomic E-state index is -0.571. The molecule has 3 aromatic rings. The van der Waals surface area contributed by atoms with Gasteiger partial charge in [-0.2, -0.15) is 0 Å². The van der Waals surface area contributed by atoms with Crippen molar-refractivity contribution in [3.8, 4) is 5.75 Å². The SMILES string of the molecule is COc1ccc(C(NC(=O)c2ccc3cnc(NCCCF)cc3n2)C2=CN(C)NC2)cc1F. The highest BCUT2D eigenvalue weighted by Crippen LogP contribution is 2.28. The number of rotatable bonds is 9.